The highest BCUT2D eigenvalue weighted by atomic mass is 16.3. The third-order valence-electron chi connectivity index (χ3n) is 4.81. The van der Waals surface area contributed by atoms with Crippen molar-refractivity contribution in [3.05, 3.63) is 29.8 Å². The molecule has 0 aliphatic carbocycles. The van der Waals surface area contributed by atoms with Gasteiger partial charge in [-0.2, -0.15) is 5.10 Å². The van der Waals surface area contributed by atoms with Gasteiger partial charge in [-0.05, 0) is 17.9 Å². The van der Waals surface area contributed by atoms with Gasteiger partial charge in [-0.15, -0.1) is 5.10 Å². The van der Waals surface area contributed by atoms with Crippen molar-refractivity contribution < 1.29 is 9.90 Å². The Bertz CT molecular complexity index is 722. The summed E-state index contributed by atoms with van der Waals surface area (Å²) < 4.78 is 3.47. The van der Waals surface area contributed by atoms with Crippen molar-refractivity contribution in [3.63, 3.8) is 0 Å². The van der Waals surface area contributed by atoms with Crippen LogP contribution in [0.2, 0.25) is 0 Å². The van der Waals surface area contributed by atoms with E-state index in [0.717, 1.165) is 18.5 Å². The molecule has 25 heavy (non-hydrogen) atoms. The van der Waals surface area contributed by atoms with E-state index in [-0.39, 0.29) is 24.3 Å². The molecule has 2 aromatic heterocycles. The highest BCUT2D eigenvalue weighted by Crippen LogP contribution is 2.32. The molecular formula is C17H26N6O2. The summed E-state index contributed by atoms with van der Waals surface area (Å²) in [6, 6.07) is 0. The number of hydrogen-bond acceptors (Lipinski definition) is 5. The van der Waals surface area contributed by atoms with Crippen LogP contribution in [0.4, 0.5) is 0 Å². The number of aryl methyl sites for hydroxylation is 2. The fourth-order valence-corrected chi connectivity index (χ4v) is 3.29. The van der Waals surface area contributed by atoms with Crippen molar-refractivity contribution in [2.45, 2.75) is 32.7 Å². The average molecular weight is 346 g/mol. The van der Waals surface area contributed by atoms with Gasteiger partial charge in [0.05, 0.1) is 12.4 Å². The number of carbonyl (C=O) groups excluding carboxylic acids is 1. The molecule has 0 saturated carbocycles. The minimum absolute atomic E-state index is 0.0177. The van der Waals surface area contributed by atoms with E-state index in [1.165, 1.54) is 0 Å². The van der Waals surface area contributed by atoms with E-state index in [2.05, 4.69) is 29.3 Å². The van der Waals surface area contributed by atoms with E-state index in [1.807, 2.05) is 19.4 Å². The predicted octanol–water partition coefficient (Wildman–Crippen LogP) is 0.906. The SMILES string of the molecule is CC(C)CCn1cc(C(=O)N2C[C@@H](CO)[C@H](c3cnn(C)c3)C2)nn1. The second-order valence-corrected chi connectivity index (χ2v) is 7.26. The molecule has 1 saturated heterocycles. The lowest BCUT2D eigenvalue weighted by atomic mass is 9.92. The van der Waals surface area contributed by atoms with Crippen molar-refractivity contribution in [3.8, 4) is 0 Å². The summed E-state index contributed by atoms with van der Waals surface area (Å²) in [4.78, 5) is 14.5. The van der Waals surface area contributed by atoms with Crippen LogP contribution in [0, 0.1) is 11.8 Å². The van der Waals surface area contributed by atoms with Crippen molar-refractivity contribution in [1.82, 2.24) is 29.7 Å². The van der Waals surface area contributed by atoms with Gasteiger partial charge in [0, 0.05) is 51.3 Å². The molecule has 0 unspecified atom stereocenters. The summed E-state index contributed by atoms with van der Waals surface area (Å²) in [5.74, 6) is 0.566. The summed E-state index contributed by atoms with van der Waals surface area (Å²) in [6.07, 6.45) is 6.47. The van der Waals surface area contributed by atoms with E-state index in [1.54, 1.807) is 20.5 Å². The van der Waals surface area contributed by atoms with Gasteiger partial charge < -0.3 is 10.0 Å². The van der Waals surface area contributed by atoms with Crippen LogP contribution in [-0.4, -0.2) is 60.4 Å². The molecule has 0 radical (unpaired) electrons. The third kappa shape index (κ3) is 3.89. The normalized spacial score (nSPS) is 20.6. The molecule has 2 aromatic rings. The quantitative estimate of drug-likeness (QED) is 0.840. The van der Waals surface area contributed by atoms with Crippen molar-refractivity contribution in [2.24, 2.45) is 18.9 Å². The smallest absolute Gasteiger partial charge is 0.276 e. The molecule has 1 aliphatic heterocycles. The molecule has 0 bridgehead atoms. The highest BCUT2D eigenvalue weighted by molar-refractivity contribution is 5.92. The minimum atomic E-state index is -0.124. The lowest BCUT2D eigenvalue weighted by molar-refractivity contribution is 0.0775. The zero-order valence-electron chi connectivity index (χ0n) is 15.0. The third-order valence-corrected chi connectivity index (χ3v) is 4.81. The summed E-state index contributed by atoms with van der Waals surface area (Å²) in [5, 5.41) is 22.0. The Morgan fingerprint density at radius 2 is 2.16 bits per heavy atom. The molecule has 0 aromatic carbocycles. The van der Waals surface area contributed by atoms with Crippen LogP contribution in [0.5, 0.6) is 0 Å². The van der Waals surface area contributed by atoms with Crippen molar-refractivity contribution >= 4 is 5.91 Å². The van der Waals surface area contributed by atoms with Gasteiger partial charge in [-0.25, -0.2) is 0 Å². The summed E-state index contributed by atoms with van der Waals surface area (Å²) in [6.45, 7) is 6.20. The van der Waals surface area contributed by atoms with Crippen LogP contribution in [0.15, 0.2) is 18.6 Å². The number of likely N-dealkylation sites (tertiary alicyclic amines) is 1. The number of aromatic nitrogens is 5. The van der Waals surface area contributed by atoms with Crippen molar-refractivity contribution in [1.29, 1.82) is 0 Å². The first kappa shape index (κ1) is 17.6. The molecular weight excluding hydrogens is 320 g/mol. The van der Waals surface area contributed by atoms with Crippen LogP contribution in [0.3, 0.4) is 0 Å². The maximum atomic E-state index is 12.7. The fraction of sp³-hybridized carbons (Fsp3) is 0.647. The maximum Gasteiger partial charge on any atom is 0.276 e. The molecule has 2 atom stereocenters. The van der Waals surface area contributed by atoms with E-state index < -0.39 is 0 Å². The second kappa shape index (κ2) is 7.35. The Hall–Kier alpha value is -2.22. The van der Waals surface area contributed by atoms with E-state index in [4.69, 9.17) is 0 Å². The van der Waals surface area contributed by atoms with Crippen molar-refractivity contribution in [2.75, 3.05) is 19.7 Å². The molecule has 0 spiro atoms. The summed E-state index contributed by atoms with van der Waals surface area (Å²) >= 11 is 0. The fourth-order valence-electron chi connectivity index (χ4n) is 3.29. The van der Waals surface area contributed by atoms with Gasteiger partial charge in [0.2, 0.25) is 0 Å². The van der Waals surface area contributed by atoms with Gasteiger partial charge in [-0.3, -0.25) is 14.2 Å². The molecule has 3 heterocycles. The van der Waals surface area contributed by atoms with Crippen LogP contribution >= 0.6 is 0 Å². The number of carbonyl (C=O) groups is 1. The standard InChI is InChI=1S/C17H26N6O2/c1-12(2)4-5-23-10-16(19-20-23)17(25)22-8-14(11-24)15(9-22)13-6-18-21(3)7-13/h6-7,10,12,14-15,24H,4-5,8-9,11H2,1-3H3/t14-,15-/m0/s1. The maximum absolute atomic E-state index is 12.7. The minimum Gasteiger partial charge on any atom is -0.396 e. The van der Waals surface area contributed by atoms with E-state index >= 15 is 0 Å². The van der Waals surface area contributed by atoms with Crippen LogP contribution in [0.1, 0.15) is 42.2 Å². The number of nitrogens with zero attached hydrogens (tertiary/aromatic N) is 6. The summed E-state index contributed by atoms with van der Waals surface area (Å²) in [5.41, 5.74) is 1.42. The Balaban J connectivity index is 1.68. The van der Waals surface area contributed by atoms with Crippen LogP contribution < -0.4 is 0 Å². The van der Waals surface area contributed by atoms with Gasteiger partial charge in [0.15, 0.2) is 5.69 Å². The van der Waals surface area contributed by atoms with Gasteiger partial charge in [0.1, 0.15) is 0 Å². The zero-order chi connectivity index (χ0) is 18.0. The molecule has 136 valence electrons. The largest absolute Gasteiger partial charge is 0.396 e. The lowest BCUT2D eigenvalue weighted by Crippen LogP contribution is -2.29. The lowest BCUT2D eigenvalue weighted by Gasteiger charge is -2.14. The number of rotatable bonds is 6. The van der Waals surface area contributed by atoms with E-state index in [0.29, 0.717) is 24.7 Å². The second-order valence-electron chi connectivity index (χ2n) is 7.26. The molecule has 8 heteroatoms. The number of aliphatic hydroxyl groups excluding tert-OH is 1. The first-order valence-electron chi connectivity index (χ1n) is 8.76. The average Bonchev–Trinajstić information content (AvgIpc) is 3.30. The summed E-state index contributed by atoms with van der Waals surface area (Å²) in [7, 11) is 1.87. The Morgan fingerprint density at radius 1 is 1.36 bits per heavy atom. The van der Waals surface area contributed by atoms with Gasteiger partial charge in [0.25, 0.3) is 5.91 Å². The molecule has 3 rings (SSSR count). The highest BCUT2D eigenvalue weighted by Gasteiger charge is 2.37. The predicted molar refractivity (Wildman–Crippen MR) is 91.9 cm³/mol. The first-order valence-corrected chi connectivity index (χ1v) is 8.76. The monoisotopic (exact) mass is 346 g/mol. The Labute approximate surface area is 147 Å². The van der Waals surface area contributed by atoms with Crippen LogP contribution in [0.25, 0.3) is 0 Å². The molecule has 1 fully saturated rings. The number of aliphatic hydroxyl groups is 1. The van der Waals surface area contributed by atoms with Gasteiger partial charge >= 0.3 is 0 Å². The molecule has 8 nitrogen and oxygen atoms in total. The number of hydrogen-bond donors (Lipinski definition) is 1. The topological polar surface area (TPSA) is 89.1 Å². The molecule has 1 aliphatic rings. The Morgan fingerprint density at radius 3 is 2.80 bits per heavy atom. The van der Waals surface area contributed by atoms with Crippen LogP contribution in [-0.2, 0) is 13.6 Å². The first-order chi connectivity index (χ1) is 12.0. The zero-order valence-corrected chi connectivity index (χ0v) is 15.0. The van der Waals surface area contributed by atoms with Gasteiger partial charge in [-0.1, -0.05) is 19.1 Å². The molecule has 1 N–H and O–H groups in total. The van der Waals surface area contributed by atoms with E-state index in [9.17, 15) is 9.90 Å². The molecule has 1 amide bonds. The number of amides is 1. The Kier molecular flexibility index (Phi) is 5.17.